The minimum absolute atomic E-state index is 0.485. The number of hydrogen-bond donors (Lipinski definition) is 1. The molecule has 0 saturated heterocycles. The van der Waals surface area contributed by atoms with E-state index in [0.717, 1.165) is 11.1 Å². The summed E-state index contributed by atoms with van der Waals surface area (Å²) < 4.78 is 1.47. The lowest BCUT2D eigenvalue weighted by atomic mass is 10.3. The summed E-state index contributed by atoms with van der Waals surface area (Å²) in [7, 11) is 1.66. The summed E-state index contributed by atoms with van der Waals surface area (Å²) in [5.74, 6) is 1.33. The maximum atomic E-state index is 11.0. The number of H-pyrrole nitrogens is 1. The van der Waals surface area contributed by atoms with E-state index in [2.05, 4.69) is 32.9 Å². The predicted octanol–water partition coefficient (Wildman–Crippen LogP) is 0.592. The molecular weight excluding hydrogens is 282 g/mol. The van der Waals surface area contributed by atoms with Crippen molar-refractivity contribution in [2.45, 2.75) is 12.1 Å². The molecule has 0 saturated carbocycles. The number of nitrogens with zero attached hydrogens (tertiary/aromatic N) is 2. The van der Waals surface area contributed by atoms with E-state index in [9.17, 15) is 9.59 Å². The Bertz CT molecular complexity index is 442. The minimum atomic E-state index is -0.734. The summed E-state index contributed by atoms with van der Waals surface area (Å²) in [6.45, 7) is 2.09. The van der Waals surface area contributed by atoms with E-state index in [-0.39, 0.29) is 0 Å². The smallest absolute Gasteiger partial charge is 0.265 e. The highest BCUT2D eigenvalue weighted by atomic mass is 79.9. The van der Waals surface area contributed by atoms with Crippen LogP contribution in [-0.4, -0.2) is 25.8 Å². The standard InChI is InChI=1S/C8H12BrN3O2S/c1-5(3-9)4-15-8-10-6(13)7(14)11-12(8)2/h5H,3-4H2,1-2H3,(H,11,14). The van der Waals surface area contributed by atoms with Crippen molar-refractivity contribution in [1.29, 1.82) is 0 Å². The highest BCUT2D eigenvalue weighted by Gasteiger charge is 2.06. The molecular formula is C8H12BrN3O2S. The van der Waals surface area contributed by atoms with Gasteiger partial charge in [-0.1, -0.05) is 34.6 Å². The van der Waals surface area contributed by atoms with Crippen molar-refractivity contribution >= 4 is 27.7 Å². The van der Waals surface area contributed by atoms with Crippen molar-refractivity contribution in [3.8, 4) is 0 Å². The van der Waals surface area contributed by atoms with Crippen molar-refractivity contribution < 1.29 is 0 Å². The average Bonchev–Trinajstić information content (AvgIpc) is 2.21. The average molecular weight is 294 g/mol. The van der Waals surface area contributed by atoms with Crippen molar-refractivity contribution in [2.24, 2.45) is 13.0 Å². The number of aromatic amines is 1. The first-order valence-electron chi connectivity index (χ1n) is 4.40. The quantitative estimate of drug-likeness (QED) is 0.501. The van der Waals surface area contributed by atoms with Crippen LogP contribution >= 0.6 is 27.7 Å². The number of thioether (sulfide) groups is 1. The lowest BCUT2D eigenvalue weighted by Gasteiger charge is -2.08. The first-order valence-corrected chi connectivity index (χ1v) is 6.51. The summed E-state index contributed by atoms with van der Waals surface area (Å²) in [5.41, 5.74) is -1.42. The second-order valence-corrected chi connectivity index (χ2v) is 4.90. The third kappa shape index (κ3) is 3.49. The van der Waals surface area contributed by atoms with Gasteiger partial charge in [-0.2, -0.15) is 4.98 Å². The molecule has 15 heavy (non-hydrogen) atoms. The topological polar surface area (TPSA) is 67.8 Å². The molecule has 84 valence electrons. The van der Waals surface area contributed by atoms with Crippen LogP contribution in [0, 0.1) is 5.92 Å². The monoisotopic (exact) mass is 293 g/mol. The van der Waals surface area contributed by atoms with Gasteiger partial charge in [0.1, 0.15) is 0 Å². The first kappa shape index (κ1) is 12.5. The van der Waals surface area contributed by atoms with Crippen LogP contribution in [0.2, 0.25) is 0 Å². The molecule has 1 aromatic rings. The molecule has 0 radical (unpaired) electrons. The van der Waals surface area contributed by atoms with Gasteiger partial charge in [0, 0.05) is 18.1 Å². The van der Waals surface area contributed by atoms with Gasteiger partial charge in [0.2, 0.25) is 0 Å². The predicted molar refractivity (Wildman–Crippen MR) is 63.8 cm³/mol. The van der Waals surface area contributed by atoms with Gasteiger partial charge in [0.25, 0.3) is 0 Å². The van der Waals surface area contributed by atoms with Crippen LogP contribution in [0.1, 0.15) is 6.92 Å². The molecule has 1 atom stereocenters. The lowest BCUT2D eigenvalue weighted by molar-refractivity contribution is 0.595. The van der Waals surface area contributed by atoms with E-state index in [1.54, 1.807) is 7.05 Å². The molecule has 5 nitrogen and oxygen atoms in total. The van der Waals surface area contributed by atoms with E-state index >= 15 is 0 Å². The lowest BCUT2D eigenvalue weighted by Crippen LogP contribution is -2.33. The maximum Gasteiger partial charge on any atom is 0.339 e. The van der Waals surface area contributed by atoms with Crippen LogP contribution in [0.4, 0.5) is 0 Å². The number of aromatic nitrogens is 3. The second kappa shape index (κ2) is 5.50. The van der Waals surface area contributed by atoms with E-state index in [4.69, 9.17) is 0 Å². The molecule has 1 rings (SSSR count). The van der Waals surface area contributed by atoms with Gasteiger partial charge >= 0.3 is 11.1 Å². The van der Waals surface area contributed by atoms with Crippen LogP contribution in [0.25, 0.3) is 0 Å². The van der Waals surface area contributed by atoms with Crippen molar-refractivity contribution in [3.05, 3.63) is 20.7 Å². The number of nitrogens with one attached hydrogen (secondary N) is 1. The molecule has 0 bridgehead atoms. The Kier molecular flexibility index (Phi) is 4.59. The Hall–Kier alpha value is -0.560. The van der Waals surface area contributed by atoms with Gasteiger partial charge < -0.3 is 0 Å². The molecule has 0 amide bonds. The summed E-state index contributed by atoms with van der Waals surface area (Å²) in [6.07, 6.45) is 0. The highest BCUT2D eigenvalue weighted by Crippen LogP contribution is 2.16. The number of halogens is 1. The Morgan fingerprint density at radius 2 is 2.27 bits per heavy atom. The minimum Gasteiger partial charge on any atom is -0.265 e. The van der Waals surface area contributed by atoms with Crippen LogP contribution in [0.15, 0.2) is 14.7 Å². The zero-order chi connectivity index (χ0) is 11.4. The number of rotatable bonds is 4. The third-order valence-corrected chi connectivity index (χ3v) is 4.17. The normalized spacial score (nSPS) is 12.7. The van der Waals surface area contributed by atoms with Crippen LogP contribution in [0.5, 0.6) is 0 Å². The van der Waals surface area contributed by atoms with Gasteiger partial charge in [0.05, 0.1) is 0 Å². The highest BCUT2D eigenvalue weighted by molar-refractivity contribution is 9.09. The molecule has 0 aliphatic heterocycles. The molecule has 1 unspecified atom stereocenters. The van der Waals surface area contributed by atoms with Crippen molar-refractivity contribution in [2.75, 3.05) is 11.1 Å². The zero-order valence-electron chi connectivity index (χ0n) is 8.49. The third-order valence-electron chi connectivity index (χ3n) is 1.71. The zero-order valence-corrected chi connectivity index (χ0v) is 10.9. The fourth-order valence-corrected chi connectivity index (χ4v) is 2.32. The number of hydrogen-bond acceptors (Lipinski definition) is 4. The molecule has 1 N–H and O–H groups in total. The second-order valence-electron chi connectivity index (χ2n) is 3.27. The molecule has 0 spiro atoms. The van der Waals surface area contributed by atoms with Crippen molar-refractivity contribution in [1.82, 2.24) is 14.8 Å². The van der Waals surface area contributed by atoms with E-state index in [1.165, 1.54) is 16.4 Å². The molecule has 1 aromatic heterocycles. The molecule has 1 heterocycles. The van der Waals surface area contributed by atoms with Gasteiger partial charge in [-0.05, 0) is 5.92 Å². The van der Waals surface area contributed by atoms with Gasteiger partial charge in [0.15, 0.2) is 5.16 Å². The fraction of sp³-hybridized carbons (Fsp3) is 0.625. The Labute approximate surface area is 99.4 Å². The molecule has 7 heteroatoms. The fourth-order valence-electron chi connectivity index (χ4n) is 0.851. The summed E-state index contributed by atoms with van der Waals surface area (Å²) in [5, 5.41) is 3.84. The number of aryl methyl sites for hydroxylation is 1. The molecule has 0 aliphatic rings. The first-order chi connectivity index (χ1) is 7.04. The Balaban J connectivity index is 2.82. The summed E-state index contributed by atoms with van der Waals surface area (Å²) >= 11 is 4.83. The van der Waals surface area contributed by atoms with E-state index in [1.807, 2.05) is 0 Å². The SMILES string of the molecule is CC(CBr)CSc1nc(=O)c(=O)[nH]n1C. The van der Waals surface area contributed by atoms with Gasteiger partial charge in [-0.3, -0.25) is 19.4 Å². The van der Waals surface area contributed by atoms with Crippen molar-refractivity contribution in [3.63, 3.8) is 0 Å². The van der Waals surface area contributed by atoms with E-state index < -0.39 is 11.1 Å². The largest absolute Gasteiger partial charge is 0.339 e. The molecule has 0 fully saturated rings. The van der Waals surface area contributed by atoms with Gasteiger partial charge in [-0.25, -0.2) is 0 Å². The summed E-state index contributed by atoms with van der Waals surface area (Å²) in [6, 6.07) is 0. The van der Waals surface area contributed by atoms with Crippen LogP contribution in [-0.2, 0) is 7.05 Å². The Morgan fingerprint density at radius 3 is 2.87 bits per heavy atom. The maximum absolute atomic E-state index is 11.0. The molecule has 0 aromatic carbocycles. The van der Waals surface area contributed by atoms with Gasteiger partial charge in [-0.15, -0.1) is 0 Å². The summed E-state index contributed by atoms with van der Waals surface area (Å²) in [4.78, 5) is 25.6. The number of alkyl halides is 1. The van der Waals surface area contributed by atoms with E-state index in [0.29, 0.717) is 11.1 Å². The molecule has 0 aliphatic carbocycles. The Morgan fingerprint density at radius 1 is 1.60 bits per heavy atom. The van der Waals surface area contributed by atoms with Crippen LogP contribution in [0.3, 0.4) is 0 Å². The van der Waals surface area contributed by atoms with Crippen LogP contribution < -0.4 is 11.1 Å².